The van der Waals surface area contributed by atoms with Crippen molar-refractivity contribution in [1.29, 1.82) is 0 Å². The minimum Gasteiger partial charge on any atom is -0.466 e. The summed E-state index contributed by atoms with van der Waals surface area (Å²) in [5.41, 5.74) is 0. The first-order chi connectivity index (χ1) is 33.5. The molecule has 2 unspecified atom stereocenters. The summed E-state index contributed by atoms with van der Waals surface area (Å²) in [6, 6.07) is -0.541. The predicted molar refractivity (Wildman–Crippen MR) is 297 cm³/mol. The lowest BCUT2D eigenvalue weighted by molar-refractivity contribution is -0.143. The highest BCUT2D eigenvalue weighted by Gasteiger charge is 2.20. The van der Waals surface area contributed by atoms with Crippen LogP contribution in [0.1, 0.15) is 348 Å². The van der Waals surface area contributed by atoms with Crippen LogP contribution in [0.4, 0.5) is 0 Å². The summed E-state index contributed by atoms with van der Waals surface area (Å²) in [5.74, 6) is -0.0207. The van der Waals surface area contributed by atoms with Crippen molar-refractivity contribution >= 4 is 11.9 Å². The van der Waals surface area contributed by atoms with E-state index in [0.29, 0.717) is 25.9 Å². The molecule has 3 N–H and O–H groups in total. The number of ether oxygens (including phenoxy) is 1. The van der Waals surface area contributed by atoms with Gasteiger partial charge in [-0.2, -0.15) is 0 Å². The van der Waals surface area contributed by atoms with E-state index < -0.39 is 12.1 Å². The quantitative estimate of drug-likeness (QED) is 0.0321. The Morgan fingerprint density at radius 2 is 0.691 bits per heavy atom. The Balaban J connectivity index is 3.36. The van der Waals surface area contributed by atoms with Gasteiger partial charge in [0.25, 0.3) is 0 Å². The second kappa shape index (κ2) is 58.2. The van der Waals surface area contributed by atoms with E-state index in [1.54, 1.807) is 0 Å². The van der Waals surface area contributed by atoms with Crippen LogP contribution in [0.2, 0.25) is 0 Å². The van der Waals surface area contributed by atoms with Crippen LogP contribution in [0.3, 0.4) is 0 Å². The lowest BCUT2D eigenvalue weighted by Gasteiger charge is -2.22. The zero-order chi connectivity index (χ0) is 49.3. The van der Waals surface area contributed by atoms with Gasteiger partial charge in [-0.1, -0.05) is 296 Å². The molecular formula is C62H121NO5. The SMILES string of the molecule is CCCCCCCCCCCCCCCCCC(=O)OCCCCCCCCCCCCCC/C=C\CCCCCCCCCCCC(=O)NC(CO)C(O)CCCCCCCCCCCCC. The molecule has 0 aliphatic carbocycles. The molecule has 0 fully saturated rings. The van der Waals surface area contributed by atoms with Gasteiger partial charge in [0.1, 0.15) is 0 Å². The lowest BCUT2D eigenvalue weighted by atomic mass is 10.0. The van der Waals surface area contributed by atoms with Gasteiger partial charge in [0.15, 0.2) is 0 Å². The van der Waals surface area contributed by atoms with Gasteiger partial charge >= 0.3 is 5.97 Å². The summed E-state index contributed by atoms with van der Waals surface area (Å²) < 4.78 is 5.49. The largest absolute Gasteiger partial charge is 0.466 e. The maximum absolute atomic E-state index is 12.4. The minimum absolute atomic E-state index is 0.0169. The number of esters is 1. The summed E-state index contributed by atoms with van der Waals surface area (Å²) >= 11 is 0. The Hall–Kier alpha value is -1.40. The highest BCUT2D eigenvalue weighted by molar-refractivity contribution is 5.76. The normalized spacial score (nSPS) is 12.6. The standard InChI is InChI=1S/C62H121NO5/c1-3-5-7-9-11-13-15-16-28-32-36-40-44-48-52-56-62(67)68-57-53-49-45-41-37-33-30-27-25-23-21-19-17-18-20-22-24-26-29-31-35-39-43-47-51-55-61(66)63-59(58-64)60(65)54-50-46-42-38-34-14-12-10-8-6-4-2/h18,20,59-60,64-65H,3-17,19,21-58H2,1-2H3,(H,63,66)/b20-18-. The molecule has 0 saturated heterocycles. The fourth-order valence-electron chi connectivity index (χ4n) is 9.81. The molecule has 0 saturated carbocycles. The number of rotatable bonds is 58. The third kappa shape index (κ3) is 53.9. The van der Waals surface area contributed by atoms with Gasteiger partial charge in [-0.25, -0.2) is 0 Å². The van der Waals surface area contributed by atoms with E-state index in [-0.39, 0.29) is 18.5 Å². The smallest absolute Gasteiger partial charge is 0.305 e. The Kier molecular flexibility index (Phi) is 57.0. The van der Waals surface area contributed by atoms with Crippen LogP contribution in [-0.2, 0) is 14.3 Å². The average molecular weight is 961 g/mol. The molecule has 0 rings (SSSR count). The highest BCUT2D eigenvalue weighted by atomic mass is 16.5. The summed E-state index contributed by atoms with van der Waals surface area (Å²) in [7, 11) is 0. The van der Waals surface area contributed by atoms with E-state index in [1.165, 1.54) is 276 Å². The number of aliphatic hydroxyl groups is 2. The van der Waals surface area contributed by atoms with E-state index in [2.05, 4.69) is 31.3 Å². The molecule has 404 valence electrons. The predicted octanol–water partition coefficient (Wildman–Crippen LogP) is 19.2. The van der Waals surface area contributed by atoms with E-state index in [0.717, 1.165) is 38.5 Å². The number of amides is 1. The average Bonchev–Trinajstić information content (AvgIpc) is 3.34. The molecule has 2 atom stereocenters. The molecule has 0 bridgehead atoms. The number of unbranched alkanes of at least 4 members (excludes halogenated alkanes) is 45. The van der Waals surface area contributed by atoms with Crippen molar-refractivity contribution in [2.45, 2.75) is 360 Å². The maximum Gasteiger partial charge on any atom is 0.305 e. The molecule has 1 amide bonds. The maximum atomic E-state index is 12.4. The number of carbonyl (C=O) groups excluding carboxylic acids is 2. The zero-order valence-corrected chi connectivity index (χ0v) is 46.1. The second-order valence-electron chi connectivity index (χ2n) is 21.4. The number of aliphatic hydroxyl groups excluding tert-OH is 2. The van der Waals surface area contributed by atoms with E-state index >= 15 is 0 Å². The molecule has 0 aliphatic heterocycles. The van der Waals surface area contributed by atoms with Crippen LogP contribution in [0.25, 0.3) is 0 Å². The fraction of sp³-hybridized carbons (Fsp3) is 0.935. The second-order valence-corrected chi connectivity index (χ2v) is 21.4. The van der Waals surface area contributed by atoms with Crippen LogP contribution in [0.15, 0.2) is 12.2 Å². The molecule has 0 aromatic heterocycles. The highest BCUT2D eigenvalue weighted by Crippen LogP contribution is 2.18. The fourth-order valence-corrected chi connectivity index (χ4v) is 9.81. The summed E-state index contributed by atoms with van der Waals surface area (Å²) in [6.07, 6.45) is 69.4. The Labute approximate surface area is 425 Å². The van der Waals surface area contributed by atoms with Crippen molar-refractivity contribution in [1.82, 2.24) is 5.32 Å². The van der Waals surface area contributed by atoms with Gasteiger partial charge in [0.2, 0.25) is 5.91 Å². The Morgan fingerprint density at radius 3 is 1.04 bits per heavy atom. The zero-order valence-electron chi connectivity index (χ0n) is 46.1. The molecule has 0 radical (unpaired) electrons. The first kappa shape index (κ1) is 66.6. The van der Waals surface area contributed by atoms with Gasteiger partial charge < -0.3 is 20.3 Å². The molecular weight excluding hydrogens is 839 g/mol. The number of hydrogen-bond donors (Lipinski definition) is 3. The van der Waals surface area contributed by atoms with Crippen molar-refractivity contribution in [2.75, 3.05) is 13.2 Å². The molecule has 0 spiro atoms. The van der Waals surface area contributed by atoms with E-state index in [1.807, 2.05) is 0 Å². The third-order valence-corrected chi connectivity index (χ3v) is 14.6. The van der Waals surface area contributed by atoms with E-state index in [4.69, 9.17) is 4.74 Å². The van der Waals surface area contributed by atoms with Crippen LogP contribution in [-0.4, -0.2) is 47.4 Å². The number of nitrogens with one attached hydrogen (secondary N) is 1. The number of hydrogen-bond acceptors (Lipinski definition) is 5. The Morgan fingerprint density at radius 1 is 0.397 bits per heavy atom. The molecule has 0 aliphatic rings. The van der Waals surface area contributed by atoms with Crippen molar-refractivity contribution in [3.63, 3.8) is 0 Å². The van der Waals surface area contributed by atoms with Crippen molar-refractivity contribution in [3.8, 4) is 0 Å². The summed E-state index contributed by atoms with van der Waals surface area (Å²) in [4.78, 5) is 24.5. The van der Waals surface area contributed by atoms with Gasteiger partial charge in [0, 0.05) is 12.8 Å². The lowest BCUT2D eigenvalue weighted by Crippen LogP contribution is -2.45. The number of carbonyl (C=O) groups is 2. The van der Waals surface area contributed by atoms with Gasteiger partial charge in [0.05, 0.1) is 25.4 Å². The molecule has 68 heavy (non-hydrogen) atoms. The van der Waals surface area contributed by atoms with Gasteiger partial charge in [-0.05, 0) is 51.4 Å². The van der Waals surface area contributed by atoms with Crippen LogP contribution >= 0.6 is 0 Å². The van der Waals surface area contributed by atoms with Crippen molar-refractivity contribution in [3.05, 3.63) is 12.2 Å². The summed E-state index contributed by atoms with van der Waals surface area (Å²) in [5, 5.41) is 23.2. The van der Waals surface area contributed by atoms with Gasteiger partial charge in [-0.3, -0.25) is 9.59 Å². The van der Waals surface area contributed by atoms with Crippen molar-refractivity contribution in [2.24, 2.45) is 0 Å². The van der Waals surface area contributed by atoms with Crippen LogP contribution in [0, 0.1) is 0 Å². The molecule has 0 aromatic carbocycles. The topological polar surface area (TPSA) is 95.9 Å². The Bertz CT molecular complexity index is 1020. The van der Waals surface area contributed by atoms with E-state index in [9.17, 15) is 19.8 Å². The first-order valence-electron chi connectivity index (χ1n) is 30.9. The summed E-state index contributed by atoms with van der Waals surface area (Å²) in [6.45, 7) is 4.97. The molecule has 6 heteroatoms. The minimum atomic E-state index is -0.664. The van der Waals surface area contributed by atoms with Gasteiger partial charge in [-0.15, -0.1) is 0 Å². The third-order valence-electron chi connectivity index (χ3n) is 14.6. The van der Waals surface area contributed by atoms with Crippen LogP contribution < -0.4 is 5.32 Å². The molecule has 6 nitrogen and oxygen atoms in total. The van der Waals surface area contributed by atoms with Crippen molar-refractivity contribution < 1.29 is 24.5 Å². The first-order valence-corrected chi connectivity index (χ1v) is 30.9. The monoisotopic (exact) mass is 960 g/mol. The van der Waals surface area contributed by atoms with Crippen LogP contribution in [0.5, 0.6) is 0 Å². The number of allylic oxidation sites excluding steroid dienone is 2. The molecule has 0 aromatic rings. The molecule has 0 heterocycles.